The summed E-state index contributed by atoms with van der Waals surface area (Å²) in [4.78, 5) is 2.12. The van der Waals surface area contributed by atoms with E-state index in [0.717, 1.165) is 12.1 Å². The van der Waals surface area contributed by atoms with Crippen molar-refractivity contribution in [2.24, 2.45) is 0 Å². The molecule has 5 nitrogen and oxygen atoms in total. The number of nitriles is 1. The van der Waals surface area contributed by atoms with Gasteiger partial charge in [0.15, 0.2) is 0 Å². The van der Waals surface area contributed by atoms with Crippen molar-refractivity contribution in [3.05, 3.63) is 18.0 Å². The molecule has 0 atom stereocenters. The standard InChI is InChI=1S/C12H18N4O/c1-10(2)16-7-11(5-14-16)6-15-8-12(17,9-15)3-4-13/h5,7,10,17H,3,6,8-9H2,1-2H3. The Morgan fingerprint density at radius 1 is 1.59 bits per heavy atom. The van der Waals surface area contributed by atoms with Crippen molar-refractivity contribution in [2.75, 3.05) is 13.1 Å². The third kappa shape index (κ3) is 2.65. The van der Waals surface area contributed by atoms with Crippen LogP contribution in [-0.4, -0.2) is 38.5 Å². The second kappa shape index (κ2) is 4.47. The van der Waals surface area contributed by atoms with Crippen LogP contribution in [0.3, 0.4) is 0 Å². The lowest BCUT2D eigenvalue weighted by Gasteiger charge is -2.45. The lowest BCUT2D eigenvalue weighted by molar-refractivity contribution is -0.0974. The average Bonchev–Trinajstić information content (AvgIpc) is 2.64. The Morgan fingerprint density at radius 3 is 2.82 bits per heavy atom. The van der Waals surface area contributed by atoms with Gasteiger partial charge < -0.3 is 5.11 Å². The van der Waals surface area contributed by atoms with E-state index in [4.69, 9.17) is 5.26 Å². The van der Waals surface area contributed by atoms with E-state index in [0.29, 0.717) is 19.1 Å². The van der Waals surface area contributed by atoms with Gasteiger partial charge in [-0.3, -0.25) is 9.58 Å². The Hall–Kier alpha value is -1.38. The topological polar surface area (TPSA) is 65.1 Å². The number of likely N-dealkylation sites (tertiary alicyclic amines) is 1. The minimum absolute atomic E-state index is 0.217. The first-order chi connectivity index (χ1) is 8.02. The number of nitrogens with zero attached hydrogens (tertiary/aromatic N) is 4. The molecule has 1 fully saturated rings. The molecule has 17 heavy (non-hydrogen) atoms. The molecule has 1 aliphatic heterocycles. The summed E-state index contributed by atoms with van der Waals surface area (Å²) < 4.78 is 1.93. The molecule has 1 N–H and O–H groups in total. The first-order valence-corrected chi connectivity index (χ1v) is 5.87. The number of β-amino-alcohol motifs (C(OH)–C–C–N with tert-alkyl or cyclic N) is 1. The van der Waals surface area contributed by atoms with E-state index in [2.05, 4.69) is 23.8 Å². The predicted octanol–water partition coefficient (Wildman–Crippen LogP) is 0.924. The second-order valence-corrected chi connectivity index (χ2v) is 5.13. The van der Waals surface area contributed by atoms with Crippen molar-refractivity contribution in [2.45, 2.75) is 38.5 Å². The van der Waals surface area contributed by atoms with Crippen molar-refractivity contribution < 1.29 is 5.11 Å². The molecule has 1 aromatic heterocycles. The first-order valence-electron chi connectivity index (χ1n) is 5.87. The minimum Gasteiger partial charge on any atom is -0.386 e. The molecular formula is C12H18N4O. The molecule has 2 rings (SSSR count). The van der Waals surface area contributed by atoms with Crippen LogP contribution in [0.1, 0.15) is 31.9 Å². The average molecular weight is 234 g/mol. The molecule has 1 saturated heterocycles. The van der Waals surface area contributed by atoms with Crippen LogP contribution in [0.4, 0.5) is 0 Å². The lowest BCUT2D eigenvalue weighted by atomic mass is 9.91. The highest BCUT2D eigenvalue weighted by Crippen LogP contribution is 2.25. The van der Waals surface area contributed by atoms with E-state index >= 15 is 0 Å². The Bertz CT molecular complexity index is 426. The van der Waals surface area contributed by atoms with Gasteiger partial charge in [-0.2, -0.15) is 10.4 Å². The maximum absolute atomic E-state index is 9.87. The summed E-state index contributed by atoms with van der Waals surface area (Å²) in [5.74, 6) is 0. The Morgan fingerprint density at radius 2 is 2.29 bits per heavy atom. The fraction of sp³-hybridized carbons (Fsp3) is 0.667. The van der Waals surface area contributed by atoms with Gasteiger partial charge in [-0.25, -0.2) is 0 Å². The third-order valence-electron chi connectivity index (χ3n) is 3.03. The van der Waals surface area contributed by atoms with Gasteiger partial charge in [0.1, 0.15) is 5.60 Å². The van der Waals surface area contributed by atoms with Crippen LogP contribution >= 0.6 is 0 Å². The summed E-state index contributed by atoms with van der Waals surface area (Å²) in [6.45, 7) is 6.12. The van der Waals surface area contributed by atoms with Gasteiger partial charge in [0, 0.05) is 37.4 Å². The van der Waals surface area contributed by atoms with E-state index in [1.54, 1.807) is 0 Å². The maximum atomic E-state index is 9.87. The van der Waals surface area contributed by atoms with E-state index in [9.17, 15) is 5.11 Å². The van der Waals surface area contributed by atoms with E-state index in [-0.39, 0.29) is 6.42 Å². The van der Waals surface area contributed by atoms with Crippen LogP contribution in [0.2, 0.25) is 0 Å². The fourth-order valence-corrected chi connectivity index (χ4v) is 2.16. The number of aliphatic hydroxyl groups is 1. The summed E-state index contributed by atoms with van der Waals surface area (Å²) in [5, 5.41) is 22.7. The van der Waals surface area contributed by atoms with Crippen LogP contribution in [0, 0.1) is 11.3 Å². The van der Waals surface area contributed by atoms with Gasteiger partial charge in [0.25, 0.3) is 0 Å². The summed E-state index contributed by atoms with van der Waals surface area (Å²) in [7, 11) is 0. The molecule has 0 aromatic carbocycles. The van der Waals surface area contributed by atoms with E-state index in [1.165, 1.54) is 0 Å². The van der Waals surface area contributed by atoms with E-state index < -0.39 is 5.60 Å². The van der Waals surface area contributed by atoms with Crippen LogP contribution in [0.5, 0.6) is 0 Å². The van der Waals surface area contributed by atoms with Gasteiger partial charge in [-0.15, -0.1) is 0 Å². The number of hydrogen-bond donors (Lipinski definition) is 1. The Balaban J connectivity index is 1.86. The van der Waals surface area contributed by atoms with Crippen LogP contribution < -0.4 is 0 Å². The van der Waals surface area contributed by atoms with Crippen molar-refractivity contribution >= 4 is 0 Å². The first kappa shape index (κ1) is 12.1. The normalized spacial score (nSPS) is 19.0. The van der Waals surface area contributed by atoms with Crippen molar-refractivity contribution in [1.82, 2.24) is 14.7 Å². The molecular weight excluding hydrogens is 216 g/mol. The van der Waals surface area contributed by atoms with Crippen LogP contribution in [0.25, 0.3) is 0 Å². The highest BCUT2D eigenvalue weighted by molar-refractivity contribution is 5.08. The molecule has 0 amide bonds. The fourth-order valence-electron chi connectivity index (χ4n) is 2.16. The van der Waals surface area contributed by atoms with Gasteiger partial charge in [0.2, 0.25) is 0 Å². The summed E-state index contributed by atoms with van der Waals surface area (Å²) in [5.41, 5.74) is 0.362. The highest BCUT2D eigenvalue weighted by atomic mass is 16.3. The van der Waals surface area contributed by atoms with E-state index in [1.807, 2.05) is 23.1 Å². The molecule has 0 aliphatic carbocycles. The summed E-state index contributed by atoms with van der Waals surface area (Å²) >= 11 is 0. The zero-order chi connectivity index (χ0) is 12.5. The zero-order valence-corrected chi connectivity index (χ0v) is 10.3. The molecule has 0 radical (unpaired) electrons. The van der Waals surface area contributed by atoms with Gasteiger partial charge in [0.05, 0.1) is 18.7 Å². The van der Waals surface area contributed by atoms with Crippen LogP contribution in [-0.2, 0) is 6.54 Å². The van der Waals surface area contributed by atoms with Gasteiger partial charge in [-0.05, 0) is 13.8 Å². The van der Waals surface area contributed by atoms with Crippen molar-refractivity contribution in [3.8, 4) is 6.07 Å². The molecule has 92 valence electrons. The number of rotatable bonds is 4. The molecule has 0 bridgehead atoms. The molecule has 0 saturated carbocycles. The lowest BCUT2D eigenvalue weighted by Crippen LogP contribution is -2.60. The second-order valence-electron chi connectivity index (χ2n) is 5.13. The molecule has 1 aliphatic rings. The Kier molecular flexibility index (Phi) is 3.18. The molecule has 0 unspecified atom stereocenters. The SMILES string of the molecule is CC(C)n1cc(CN2CC(O)(CC#N)C2)cn1. The molecule has 5 heteroatoms. The van der Waals surface area contributed by atoms with Crippen molar-refractivity contribution in [3.63, 3.8) is 0 Å². The number of aromatic nitrogens is 2. The Labute approximate surface area is 101 Å². The smallest absolute Gasteiger partial charge is 0.103 e. The third-order valence-corrected chi connectivity index (χ3v) is 3.03. The predicted molar refractivity (Wildman–Crippen MR) is 63.1 cm³/mol. The van der Waals surface area contributed by atoms with Crippen LogP contribution in [0.15, 0.2) is 12.4 Å². The molecule has 0 spiro atoms. The minimum atomic E-state index is -0.789. The molecule has 2 heterocycles. The zero-order valence-electron chi connectivity index (χ0n) is 10.3. The number of hydrogen-bond acceptors (Lipinski definition) is 4. The monoisotopic (exact) mass is 234 g/mol. The van der Waals surface area contributed by atoms with Gasteiger partial charge in [-0.1, -0.05) is 0 Å². The van der Waals surface area contributed by atoms with Gasteiger partial charge >= 0.3 is 0 Å². The largest absolute Gasteiger partial charge is 0.386 e. The molecule has 1 aromatic rings. The van der Waals surface area contributed by atoms with Crippen molar-refractivity contribution in [1.29, 1.82) is 5.26 Å². The quantitative estimate of drug-likeness (QED) is 0.841. The summed E-state index contributed by atoms with van der Waals surface area (Å²) in [6.07, 6.45) is 4.11. The highest BCUT2D eigenvalue weighted by Gasteiger charge is 2.40. The maximum Gasteiger partial charge on any atom is 0.103 e. The summed E-state index contributed by atoms with van der Waals surface area (Å²) in [6, 6.07) is 2.39.